The summed E-state index contributed by atoms with van der Waals surface area (Å²) in [5, 5.41) is 0. The highest BCUT2D eigenvalue weighted by molar-refractivity contribution is 7.79. The third kappa shape index (κ3) is 76.2. The summed E-state index contributed by atoms with van der Waals surface area (Å²) in [6.45, 7) is 9.34. The molecule has 7 heteroatoms. The molecule has 0 spiro atoms. The Morgan fingerprint density at radius 1 is 0.842 bits per heavy atom. The van der Waals surface area contributed by atoms with Gasteiger partial charge in [-0.15, -0.1) is 0 Å². The van der Waals surface area contributed by atoms with E-state index in [1.165, 1.54) is 0 Å². The van der Waals surface area contributed by atoms with Crippen molar-refractivity contribution >= 4 is 10.4 Å². The monoisotopic (exact) mass is 296 g/mol. The lowest BCUT2D eigenvalue weighted by Gasteiger charge is -2.21. The molecule has 0 aromatic heterocycles. The van der Waals surface area contributed by atoms with Crippen LogP contribution in [0.5, 0.6) is 0 Å². The second-order valence-electron chi connectivity index (χ2n) is 5.93. The number of nitrogens with zero attached hydrogens (tertiary/aromatic N) is 2. The number of hydrogen-bond acceptors (Lipinski definition) is 4. The van der Waals surface area contributed by atoms with Gasteiger partial charge in [-0.3, -0.25) is 8.42 Å². The standard InChI is InChI=1S/2C6H14N.H2O4S/c2*1-5-6-7(2,3)4;1-5(2,3)4/h2*5H,1,6H2,2-4H3;(H2,1,2,3,4)/q2*+1;/p-2. The second kappa shape index (κ2) is 10.1. The fourth-order valence-electron chi connectivity index (χ4n) is 0.775. The maximum absolute atomic E-state index is 8.52. The first-order chi connectivity index (χ1) is 8.12. The predicted octanol–water partition coefficient (Wildman–Crippen LogP) is 0.419. The number of hydrogen-bond donors (Lipinski definition) is 0. The Morgan fingerprint density at radius 3 is 1.00 bits per heavy atom. The lowest BCUT2D eigenvalue weighted by molar-refractivity contribution is -0.864. The predicted molar refractivity (Wildman–Crippen MR) is 76.7 cm³/mol. The zero-order valence-electron chi connectivity index (χ0n) is 12.9. The molecule has 0 fully saturated rings. The highest BCUT2D eigenvalue weighted by Crippen LogP contribution is 1.87. The van der Waals surface area contributed by atoms with E-state index < -0.39 is 10.4 Å². The van der Waals surface area contributed by atoms with E-state index in [0.29, 0.717) is 0 Å². The van der Waals surface area contributed by atoms with Crippen molar-refractivity contribution < 1.29 is 26.5 Å². The molecule has 0 aliphatic rings. The van der Waals surface area contributed by atoms with E-state index in [-0.39, 0.29) is 0 Å². The van der Waals surface area contributed by atoms with Crippen LogP contribution in [0.3, 0.4) is 0 Å². The Kier molecular flexibility index (Phi) is 12.4. The van der Waals surface area contributed by atoms with Crippen molar-refractivity contribution in [3.8, 4) is 0 Å². The Hall–Kier alpha value is -0.730. The molecule has 0 bridgehead atoms. The van der Waals surface area contributed by atoms with E-state index in [4.69, 9.17) is 17.5 Å². The summed E-state index contributed by atoms with van der Waals surface area (Å²) in [7, 11) is 7.68. The molecule has 6 nitrogen and oxygen atoms in total. The fourth-order valence-corrected chi connectivity index (χ4v) is 0.775. The van der Waals surface area contributed by atoms with Gasteiger partial charge in [0.15, 0.2) is 0 Å². The molecule has 0 aromatic carbocycles. The first kappa shape index (κ1) is 23.4. The smallest absolute Gasteiger partial charge is 0.0964 e. The molecule has 0 aliphatic carbocycles. The average Bonchev–Trinajstić information content (AvgIpc) is 1.95. The second-order valence-corrected chi connectivity index (χ2v) is 6.75. The third-order valence-corrected chi connectivity index (χ3v) is 1.35. The zero-order valence-corrected chi connectivity index (χ0v) is 13.7. The lowest BCUT2D eigenvalue weighted by Crippen LogP contribution is -2.33. The van der Waals surface area contributed by atoms with Gasteiger partial charge >= 0.3 is 0 Å². The van der Waals surface area contributed by atoms with E-state index in [1.54, 1.807) is 0 Å². The van der Waals surface area contributed by atoms with Gasteiger partial charge in [-0.25, -0.2) is 0 Å². The minimum absolute atomic E-state index is 0.976. The lowest BCUT2D eigenvalue weighted by atomic mass is 10.5. The van der Waals surface area contributed by atoms with Gasteiger partial charge in [-0.2, -0.15) is 0 Å². The molecule has 0 amide bonds. The molecule has 0 heterocycles. The number of quaternary nitrogens is 2. The van der Waals surface area contributed by atoms with Crippen molar-refractivity contribution in [1.29, 1.82) is 0 Å². The van der Waals surface area contributed by atoms with Gasteiger partial charge in [0.2, 0.25) is 0 Å². The third-order valence-electron chi connectivity index (χ3n) is 1.35. The summed E-state index contributed by atoms with van der Waals surface area (Å²) in [6.07, 6.45) is 3.86. The van der Waals surface area contributed by atoms with Gasteiger partial charge in [0.1, 0.15) is 0 Å². The summed E-state index contributed by atoms with van der Waals surface area (Å²) in [6, 6.07) is 0. The highest BCUT2D eigenvalue weighted by Gasteiger charge is 2.00. The van der Waals surface area contributed by atoms with Crippen LogP contribution in [0, 0.1) is 0 Å². The molecule has 0 saturated heterocycles. The summed E-state index contributed by atoms with van der Waals surface area (Å²) in [5.41, 5.74) is 0. The van der Waals surface area contributed by atoms with Gasteiger partial charge < -0.3 is 18.1 Å². The molecule has 116 valence electrons. The molecule has 0 rings (SSSR count). The molecule has 0 radical (unpaired) electrons. The minimum Gasteiger partial charge on any atom is -0.759 e. The molecular formula is C12H28N2O4S. The van der Waals surface area contributed by atoms with Crippen LogP contribution < -0.4 is 0 Å². The van der Waals surface area contributed by atoms with E-state index in [0.717, 1.165) is 22.1 Å². The maximum Gasteiger partial charge on any atom is 0.0964 e. The van der Waals surface area contributed by atoms with Crippen molar-refractivity contribution in [3.05, 3.63) is 25.3 Å². The van der Waals surface area contributed by atoms with Gasteiger partial charge in [0.05, 0.1) is 55.4 Å². The number of rotatable bonds is 4. The maximum atomic E-state index is 8.52. The zero-order chi connectivity index (χ0) is 16.3. The van der Waals surface area contributed by atoms with Gasteiger partial charge in [0.25, 0.3) is 0 Å². The van der Waals surface area contributed by atoms with Crippen LogP contribution in [-0.2, 0) is 10.4 Å². The molecule has 0 unspecified atom stereocenters. The van der Waals surface area contributed by atoms with Crippen LogP contribution in [0.25, 0.3) is 0 Å². The summed E-state index contributed by atoms with van der Waals surface area (Å²) in [4.78, 5) is 0. The van der Waals surface area contributed by atoms with Crippen molar-refractivity contribution in [2.45, 2.75) is 0 Å². The Balaban J connectivity index is -0.000000206. The van der Waals surface area contributed by atoms with Gasteiger partial charge in [-0.1, -0.05) is 13.2 Å². The van der Waals surface area contributed by atoms with Crippen LogP contribution >= 0.6 is 0 Å². The number of likely N-dealkylation sites (N-methyl/N-ethyl adjacent to an activating group) is 2. The first-order valence-electron chi connectivity index (χ1n) is 5.62. The molecule has 0 aliphatic heterocycles. The summed E-state index contributed by atoms with van der Waals surface area (Å²) >= 11 is 0. The van der Waals surface area contributed by atoms with Crippen molar-refractivity contribution in [1.82, 2.24) is 0 Å². The normalized spacial score (nSPS) is 11.4. The van der Waals surface area contributed by atoms with Gasteiger partial charge in [0, 0.05) is 10.4 Å². The Labute approximate surface area is 118 Å². The molecular weight excluding hydrogens is 268 g/mol. The van der Waals surface area contributed by atoms with Crippen molar-refractivity contribution in [3.63, 3.8) is 0 Å². The minimum atomic E-state index is -5.17. The van der Waals surface area contributed by atoms with Crippen molar-refractivity contribution in [2.75, 3.05) is 55.4 Å². The van der Waals surface area contributed by atoms with E-state index >= 15 is 0 Å². The average molecular weight is 296 g/mol. The Morgan fingerprint density at radius 2 is 1.00 bits per heavy atom. The van der Waals surface area contributed by atoms with Gasteiger partial charge in [-0.05, 0) is 12.2 Å². The van der Waals surface area contributed by atoms with Crippen LogP contribution in [0.1, 0.15) is 0 Å². The first-order valence-corrected chi connectivity index (χ1v) is 6.95. The van der Waals surface area contributed by atoms with E-state index in [9.17, 15) is 0 Å². The molecule has 19 heavy (non-hydrogen) atoms. The largest absolute Gasteiger partial charge is 0.759 e. The SMILES string of the molecule is C=CC[N+](C)(C)C.C=CC[N+](C)(C)C.O=S(=O)([O-])[O-]. The van der Waals surface area contributed by atoms with E-state index in [1.807, 2.05) is 12.2 Å². The van der Waals surface area contributed by atoms with Crippen molar-refractivity contribution in [2.24, 2.45) is 0 Å². The van der Waals surface area contributed by atoms with E-state index in [2.05, 4.69) is 55.4 Å². The molecule has 0 atom stereocenters. The van der Waals surface area contributed by atoms with Crippen LogP contribution in [0.2, 0.25) is 0 Å². The van der Waals surface area contributed by atoms with Crippen LogP contribution in [0.4, 0.5) is 0 Å². The summed E-state index contributed by atoms with van der Waals surface area (Å²) < 4.78 is 36.0. The molecule has 0 aromatic rings. The summed E-state index contributed by atoms with van der Waals surface area (Å²) in [5.74, 6) is 0. The molecule has 0 saturated carbocycles. The quantitative estimate of drug-likeness (QED) is 0.326. The molecule has 0 N–H and O–H groups in total. The highest BCUT2D eigenvalue weighted by atomic mass is 32.3. The fraction of sp³-hybridized carbons (Fsp3) is 0.667. The topological polar surface area (TPSA) is 80.3 Å². The Bertz CT molecular complexity index is 310. The van der Waals surface area contributed by atoms with Crippen LogP contribution in [-0.4, -0.2) is 81.9 Å². The van der Waals surface area contributed by atoms with Crippen LogP contribution in [0.15, 0.2) is 25.3 Å².